The first kappa shape index (κ1) is 21.7. The molecule has 1 aliphatic heterocycles. The monoisotopic (exact) mass is 492 g/mol. The molecule has 2 aromatic rings. The second-order valence-corrected chi connectivity index (χ2v) is 8.54. The zero-order valence-corrected chi connectivity index (χ0v) is 19.2. The third-order valence-corrected chi connectivity index (χ3v) is 6.02. The van der Waals surface area contributed by atoms with Crippen molar-refractivity contribution in [2.45, 2.75) is 0 Å². The van der Waals surface area contributed by atoms with E-state index in [9.17, 15) is 0 Å². The molecular formula is C18H16Cl4N4S2. The highest BCUT2D eigenvalue weighted by atomic mass is 35.5. The molecule has 0 unspecified atom stereocenters. The lowest BCUT2D eigenvalue weighted by molar-refractivity contribution is 0.264. The molecule has 2 aromatic carbocycles. The number of halogens is 4. The van der Waals surface area contributed by atoms with E-state index in [4.69, 9.17) is 70.8 Å². The summed E-state index contributed by atoms with van der Waals surface area (Å²) in [6.45, 7) is 2.92. The normalized spacial score (nSPS) is 14.0. The van der Waals surface area contributed by atoms with Crippen LogP contribution in [0.3, 0.4) is 0 Å². The van der Waals surface area contributed by atoms with E-state index >= 15 is 0 Å². The lowest BCUT2D eigenvalue weighted by Crippen LogP contribution is -2.52. The summed E-state index contributed by atoms with van der Waals surface area (Å²) in [5.41, 5.74) is 1.46. The van der Waals surface area contributed by atoms with Crippen LogP contribution in [-0.2, 0) is 0 Å². The Balaban J connectivity index is 1.53. The Labute approximate surface area is 194 Å². The van der Waals surface area contributed by atoms with Crippen LogP contribution in [0.4, 0.5) is 11.4 Å². The van der Waals surface area contributed by atoms with Crippen molar-refractivity contribution in [1.29, 1.82) is 0 Å². The first-order chi connectivity index (χ1) is 13.3. The number of hydrogen-bond acceptors (Lipinski definition) is 2. The number of piperazine rings is 1. The predicted molar refractivity (Wildman–Crippen MR) is 129 cm³/mol. The number of rotatable bonds is 2. The second kappa shape index (κ2) is 9.65. The van der Waals surface area contributed by atoms with E-state index in [1.807, 2.05) is 12.1 Å². The van der Waals surface area contributed by atoms with Crippen molar-refractivity contribution in [3.63, 3.8) is 0 Å². The van der Waals surface area contributed by atoms with Gasteiger partial charge in [0, 0.05) is 36.2 Å². The minimum absolute atomic E-state index is 0.527. The molecule has 3 rings (SSSR count). The molecule has 2 N–H and O–H groups in total. The Kier molecular flexibility index (Phi) is 7.48. The lowest BCUT2D eigenvalue weighted by atomic mass is 10.3. The minimum Gasteiger partial charge on any atom is -0.345 e. The predicted octanol–water partition coefficient (Wildman–Crippen LogP) is 6.01. The molecule has 0 bridgehead atoms. The minimum atomic E-state index is 0.527. The van der Waals surface area contributed by atoms with E-state index in [1.54, 1.807) is 24.3 Å². The van der Waals surface area contributed by atoms with Crippen LogP contribution < -0.4 is 10.6 Å². The molecule has 0 radical (unpaired) electrons. The van der Waals surface area contributed by atoms with Gasteiger partial charge in [0.25, 0.3) is 0 Å². The number of thiocarbonyl (C=S) groups is 2. The van der Waals surface area contributed by atoms with Gasteiger partial charge in [0.2, 0.25) is 0 Å². The Morgan fingerprint density at radius 1 is 0.679 bits per heavy atom. The molecule has 1 saturated heterocycles. The van der Waals surface area contributed by atoms with Crippen molar-refractivity contribution < 1.29 is 0 Å². The van der Waals surface area contributed by atoms with E-state index in [2.05, 4.69) is 20.4 Å². The van der Waals surface area contributed by atoms with Crippen LogP contribution in [0.25, 0.3) is 0 Å². The molecule has 0 aliphatic carbocycles. The highest BCUT2D eigenvalue weighted by Gasteiger charge is 2.21. The fraction of sp³-hybridized carbons (Fsp3) is 0.222. The second-order valence-electron chi connectivity index (χ2n) is 6.08. The number of benzene rings is 2. The maximum atomic E-state index is 6.20. The topological polar surface area (TPSA) is 30.5 Å². The molecular weight excluding hydrogens is 478 g/mol. The van der Waals surface area contributed by atoms with Crippen molar-refractivity contribution >= 4 is 92.4 Å². The molecule has 28 heavy (non-hydrogen) atoms. The molecule has 0 atom stereocenters. The third-order valence-electron chi connectivity index (χ3n) is 4.20. The SMILES string of the molecule is S=C(Nc1ccc(Cl)cc1Cl)N1CCN(C(=S)Nc2ccc(Cl)cc2Cl)CC1. The quantitative estimate of drug-likeness (QED) is 0.498. The van der Waals surface area contributed by atoms with Gasteiger partial charge in [-0.15, -0.1) is 0 Å². The van der Waals surface area contributed by atoms with Crippen LogP contribution >= 0.6 is 70.8 Å². The Morgan fingerprint density at radius 2 is 1.04 bits per heavy atom. The summed E-state index contributed by atoms with van der Waals surface area (Å²) >= 11 is 35.3. The molecule has 1 heterocycles. The van der Waals surface area contributed by atoms with Gasteiger partial charge in [0.05, 0.1) is 21.4 Å². The van der Waals surface area contributed by atoms with Crippen LogP contribution in [0.2, 0.25) is 20.1 Å². The Bertz CT molecular complexity index is 828. The zero-order valence-electron chi connectivity index (χ0n) is 14.5. The molecule has 0 spiro atoms. The van der Waals surface area contributed by atoms with Crippen molar-refractivity contribution in [2.24, 2.45) is 0 Å². The summed E-state index contributed by atoms with van der Waals surface area (Å²) in [6.07, 6.45) is 0. The fourth-order valence-corrected chi connectivity index (χ4v) is 4.18. The van der Waals surface area contributed by atoms with Gasteiger partial charge in [-0.2, -0.15) is 0 Å². The number of anilines is 2. The highest BCUT2D eigenvalue weighted by Crippen LogP contribution is 2.27. The largest absolute Gasteiger partial charge is 0.345 e. The van der Waals surface area contributed by atoms with Gasteiger partial charge in [0.15, 0.2) is 10.2 Å². The van der Waals surface area contributed by atoms with Crippen LogP contribution in [0, 0.1) is 0 Å². The van der Waals surface area contributed by atoms with Gasteiger partial charge in [0.1, 0.15) is 0 Å². The molecule has 0 amide bonds. The van der Waals surface area contributed by atoms with Gasteiger partial charge in [-0.3, -0.25) is 0 Å². The van der Waals surface area contributed by atoms with E-state index in [0.29, 0.717) is 30.3 Å². The van der Waals surface area contributed by atoms with Gasteiger partial charge in [-0.25, -0.2) is 0 Å². The molecule has 1 aliphatic rings. The van der Waals surface area contributed by atoms with Crippen molar-refractivity contribution in [3.8, 4) is 0 Å². The Hall–Kier alpha value is -1.02. The summed E-state index contributed by atoms with van der Waals surface area (Å²) < 4.78 is 0. The molecule has 148 valence electrons. The molecule has 10 heteroatoms. The van der Waals surface area contributed by atoms with Gasteiger partial charge < -0.3 is 20.4 Å². The summed E-state index contributed by atoms with van der Waals surface area (Å²) in [5.74, 6) is 0. The van der Waals surface area contributed by atoms with Crippen molar-refractivity contribution in [2.75, 3.05) is 36.8 Å². The smallest absolute Gasteiger partial charge is 0.173 e. The van der Waals surface area contributed by atoms with Crippen LogP contribution in [0.1, 0.15) is 0 Å². The maximum absolute atomic E-state index is 6.20. The van der Waals surface area contributed by atoms with Crippen LogP contribution in [0.15, 0.2) is 36.4 Å². The van der Waals surface area contributed by atoms with E-state index < -0.39 is 0 Å². The first-order valence-electron chi connectivity index (χ1n) is 8.35. The number of hydrogen-bond donors (Lipinski definition) is 2. The molecule has 4 nitrogen and oxygen atoms in total. The van der Waals surface area contributed by atoms with Crippen LogP contribution in [-0.4, -0.2) is 46.2 Å². The lowest BCUT2D eigenvalue weighted by Gasteiger charge is -2.37. The summed E-state index contributed by atoms with van der Waals surface area (Å²) in [6, 6.07) is 10.5. The summed E-state index contributed by atoms with van der Waals surface area (Å²) in [4.78, 5) is 4.16. The summed E-state index contributed by atoms with van der Waals surface area (Å²) in [5, 5.41) is 9.79. The maximum Gasteiger partial charge on any atom is 0.173 e. The van der Waals surface area contributed by atoms with Gasteiger partial charge in [-0.1, -0.05) is 46.4 Å². The summed E-state index contributed by atoms with van der Waals surface area (Å²) in [7, 11) is 0. The van der Waals surface area contributed by atoms with Crippen molar-refractivity contribution in [3.05, 3.63) is 56.5 Å². The fourth-order valence-electron chi connectivity index (χ4n) is 2.68. The van der Waals surface area contributed by atoms with Crippen molar-refractivity contribution in [1.82, 2.24) is 9.80 Å². The first-order valence-corrected chi connectivity index (χ1v) is 10.7. The average Bonchev–Trinajstić information content (AvgIpc) is 2.66. The molecule has 0 saturated carbocycles. The number of nitrogens with zero attached hydrogens (tertiary/aromatic N) is 2. The van der Waals surface area contributed by atoms with Gasteiger partial charge >= 0.3 is 0 Å². The number of nitrogens with one attached hydrogen (secondary N) is 2. The van der Waals surface area contributed by atoms with Crippen LogP contribution in [0.5, 0.6) is 0 Å². The van der Waals surface area contributed by atoms with E-state index in [0.717, 1.165) is 37.6 Å². The standard InChI is InChI=1S/C18H16Cl4N4S2/c19-11-1-3-15(13(21)9-11)23-17(27)25-5-7-26(8-6-25)18(28)24-16-4-2-12(20)10-14(16)22/h1-4,9-10H,5-8H2,(H,23,27)(H,24,28). The Morgan fingerprint density at radius 3 is 1.36 bits per heavy atom. The molecule has 1 fully saturated rings. The zero-order chi connectivity index (χ0) is 20.3. The molecule has 0 aromatic heterocycles. The average molecular weight is 494 g/mol. The van der Waals surface area contributed by atoms with Gasteiger partial charge in [-0.05, 0) is 60.8 Å². The van der Waals surface area contributed by atoms with E-state index in [-0.39, 0.29) is 0 Å². The highest BCUT2D eigenvalue weighted by molar-refractivity contribution is 7.80. The third kappa shape index (κ3) is 5.53. The van der Waals surface area contributed by atoms with E-state index in [1.165, 1.54) is 0 Å².